The summed E-state index contributed by atoms with van der Waals surface area (Å²) in [4.78, 5) is 11.7. The lowest BCUT2D eigenvalue weighted by Gasteiger charge is -2.15. The van der Waals surface area contributed by atoms with Crippen LogP contribution in [0, 0.1) is 0 Å². The zero-order chi connectivity index (χ0) is 13.7. The molecule has 1 unspecified atom stereocenters. The number of carbonyl (C=O) groups is 1. The molecule has 0 aliphatic carbocycles. The fourth-order valence-corrected chi connectivity index (χ4v) is 1.89. The fourth-order valence-electron chi connectivity index (χ4n) is 1.89. The molecule has 2 N–H and O–H groups in total. The van der Waals surface area contributed by atoms with Crippen molar-refractivity contribution in [2.24, 2.45) is 0 Å². The molecule has 0 aromatic heterocycles. The molecular formula is C14H20N2O3. The van der Waals surface area contributed by atoms with Gasteiger partial charge in [-0.15, -0.1) is 0 Å². The summed E-state index contributed by atoms with van der Waals surface area (Å²) < 4.78 is 10.6. The lowest BCUT2D eigenvalue weighted by atomic mass is 10.1. The van der Waals surface area contributed by atoms with Gasteiger partial charge in [-0.3, -0.25) is 0 Å². The summed E-state index contributed by atoms with van der Waals surface area (Å²) >= 11 is 0. The molecule has 0 saturated heterocycles. The molecule has 5 heteroatoms. The van der Waals surface area contributed by atoms with E-state index in [0.29, 0.717) is 6.54 Å². The first-order valence-electron chi connectivity index (χ1n) is 6.64. The van der Waals surface area contributed by atoms with Crippen LogP contribution in [0.4, 0.5) is 4.79 Å². The maximum absolute atomic E-state index is 11.7. The molecule has 1 heterocycles. The number of rotatable bonds is 5. The van der Waals surface area contributed by atoms with E-state index in [1.807, 2.05) is 25.1 Å². The zero-order valence-electron chi connectivity index (χ0n) is 11.4. The van der Waals surface area contributed by atoms with Crippen molar-refractivity contribution in [2.75, 3.05) is 13.3 Å². The quantitative estimate of drug-likeness (QED) is 0.804. The highest BCUT2D eigenvalue weighted by molar-refractivity contribution is 5.74. The molecule has 1 aromatic rings. The van der Waals surface area contributed by atoms with Crippen LogP contribution in [0.1, 0.15) is 38.3 Å². The largest absolute Gasteiger partial charge is 0.454 e. The molecule has 1 aliphatic heterocycles. The highest BCUT2D eigenvalue weighted by Gasteiger charge is 2.16. The summed E-state index contributed by atoms with van der Waals surface area (Å²) in [6.45, 7) is 5.00. The van der Waals surface area contributed by atoms with Crippen molar-refractivity contribution in [2.45, 2.75) is 32.7 Å². The predicted octanol–water partition coefficient (Wildman–Crippen LogP) is 2.58. The zero-order valence-corrected chi connectivity index (χ0v) is 11.4. The SMILES string of the molecule is CCCCNC(=O)NC(C)c1ccc2c(c1)OCO2. The molecule has 19 heavy (non-hydrogen) atoms. The molecular weight excluding hydrogens is 244 g/mol. The van der Waals surface area contributed by atoms with Gasteiger partial charge in [0.25, 0.3) is 0 Å². The Morgan fingerprint density at radius 2 is 2.16 bits per heavy atom. The van der Waals surface area contributed by atoms with Crippen LogP contribution in [0.2, 0.25) is 0 Å². The minimum Gasteiger partial charge on any atom is -0.454 e. The van der Waals surface area contributed by atoms with Gasteiger partial charge in [-0.05, 0) is 31.0 Å². The van der Waals surface area contributed by atoms with Gasteiger partial charge < -0.3 is 20.1 Å². The summed E-state index contributed by atoms with van der Waals surface area (Å²) in [5, 5.41) is 5.73. The van der Waals surface area contributed by atoms with E-state index >= 15 is 0 Å². The predicted molar refractivity (Wildman–Crippen MR) is 72.4 cm³/mol. The summed E-state index contributed by atoms with van der Waals surface area (Å²) in [5.41, 5.74) is 0.995. The number of hydrogen-bond donors (Lipinski definition) is 2. The first-order chi connectivity index (χ1) is 9.20. The van der Waals surface area contributed by atoms with Gasteiger partial charge in [-0.2, -0.15) is 0 Å². The number of benzene rings is 1. The van der Waals surface area contributed by atoms with Crippen molar-refractivity contribution in [1.29, 1.82) is 0 Å². The van der Waals surface area contributed by atoms with Crippen LogP contribution in [-0.4, -0.2) is 19.4 Å². The minimum atomic E-state index is -0.140. The number of fused-ring (bicyclic) bond motifs is 1. The smallest absolute Gasteiger partial charge is 0.315 e. The maximum Gasteiger partial charge on any atom is 0.315 e. The van der Waals surface area contributed by atoms with Gasteiger partial charge in [-0.25, -0.2) is 4.79 Å². The Morgan fingerprint density at radius 3 is 2.95 bits per heavy atom. The van der Waals surface area contributed by atoms with E-state index < -0.39 is 0 Å². The van der Waals surface area contributed by atoms with Crippen molar-refractivity contribution in [3.63, 3.8) is 0 Å². The van der Waals surface area contributed by atoms with Crippen LogP contribution in [0.5, 0.6) is 11.5 Å². The number of ether oxygens (including phenoxy) is 2. The van der Waals surface area contributed by atoms with E-state index in [-0.39, 0.29) is 18.9 Å². The molecule has 1 aromatic carbocycles. The molecule has 2 amide bonds. The third kappa shape index (κ3) is 3.53. The van der Waals surface area contributed by atoms with Crippen LogP contribution in [0.25, 0.3) is 0 Å². The first-order valence-corrected chi connectivity index (χ1v) is 6.64. The Bertz CT molecular complexity index is 448. The maximum atomic E-state index is 11.7. The van der Waals surface area contributed by atoms with E-state index in [4.69, 9.17) is 9.47 Å². The standard InChI is InChI=1S/C14H20N2O3/c1-3-4-7-15-14(17)16-10(2)11-5-6-12-13(8-11)19-9-18-12/h5-6,8,10H,3-4,7,9H2,1-2H3,(H2,15,16,17). The first kappa shape index (κ1) is 13.5. The summed E-state index contributed by atoms with van der Waals surface area (Å²) in [6, 6.07) is 5.49. The van der Waals surface area contributed by atoms with Crippen molar-refractivity contribution < 1.29 is 14.3 Å². The highest BCUT2D eigenvalue weighted by atomic mass is 16.7. The Balaban J connectivity index is 1.89. The number of nitrogens with one attached hydrogen (secondary N) is 2. The Hall–Kier alpha value is -1.91. The van der Waals surface area contributed by atoms with Crippen molar-refractivity contribution in [3.8, 4) is 11.5 Å². The average Bonchev–Trinajstić information content (AvgIpc) is 2.86. The molecule has 0 radical (unpaired) electrons. The van der Waals surface area contributed by atoms with Crippen molar-refractivity contribution in [1.82, 2.24) is 10.6 Å². The van der Waals surface area contributed by atoms with Gasteiger partial charge in [0.15, 0.2) is 11.5 Å². The second-order valence-electron chi connectivity index (χ2n) is 4.59. The van der Waals surface area contributed by atoms with Gasteiger partial charge in [0, 0.05) is 6.54 Å². The third-order valence-electron chi connectivity index (χ3n) is 3.06. The second-order valence-corrected chi connectivity index (χ2v) is 4.59. The van der Waals surface area contributed by atoms with Gasteiger partial charge >= 0.3 is 6.03 Å². The highest BCUT2D eigenvalue weighted by Crippen LogP contribution is 2.34. The number of hydrogen-bond acceptors (Lipinski definition) is 3. The van der Waals surface area contributed by atoms with E-state index in [2.05, 4.69) is 17.6 Å². The van der Waals surface area contributed by atoms with Crippen molar-refractivity contribution in [3.05, 3.63) is 23.8 Å². The van der Waals surface area contributed by atoms with E-state index in [1.165, 1.54) is 0 Å². The average molecular weight is 264 g/mol. The topological polar surface area (TPSA) is 59.6 Å². The van der Waals surface area contributed by atoms with Gasteiger partial charge in [0.2, 0.25) is 6.79 Å². The fraction of sp³-hybridized carbons (Fsp3) is 0.500. The van der Waals surface area contributed by atoms with Crippen LogP contribution in [0.3, 0.4) is 0 Å². The molecule has 104 valence electrons. The van der Waals surface area contributed by atoms with Crippen LogP contribution >= 0.6 is 0 Å². The lowest BCUT2D eigenvalue weighted by molar-refractivity contribution is 0.174. The van der Waals surface area contributed by atoms with Gasteiger partial charge in [0.1, 0.15) is 0 Å². The van der Waals surface area contributed by atoms with Crippen LogP contribution < -0.4 is 20.1 Å². The van der Waals surface area contributed by atoms with E-state index in [1.54, 1.807) is 0 Å². The molecule has 0 saturated carbocycles. The van der Waals surface area contributed by atoms with Gasteiger partial charge in [-0.1, -0.05) is 19.4 Å². The summed E-state index contributed by atoms with van der Waals surface area (Å²) in [7, 11) is 0. The van der Waals surface area contributed by atoms with E-state index in [9.17, 15) is 4.79 Å². The molecule has 0 fully saturated rings. The minimum absolute atomic E-state index is 0.0730. The number of unbranched alkanes of at least 4 members (excludes halogenated alkanes) is 1. The molecule has 1 aliphatic rings. The lowest BCUT2D eigenvalue weighted by Crippen LogP contribution is -2.37. The summed E-state index contributed by atoms with van der Waals surface area (Å²) in [6.07, 6.45) is 2.06. The Kier molecular flexibility index (Phi) is 4.49. The Morgan fingerprint density at radius 1 is 1.37 bits per heavy atom. The van der Waals surface area contributed by atoms with Gasteiger partial charge in [0.05, 0.1) is 6.04 Å². The van der Waals surface area contributed by atoms with Crippen LogP contribution in [-0.2, 0) is 0 Å². The summed E-state index contributed by atoms with van der Waals surface area (Å²) in [5.74, 6) is 1.49. The number of urea groups is 1. The normalized spacial score (nSPS) is 14.0. The molecule has 5 nitrogen and oxygen atoms in total. The number of carbonyl (C=O) groups excluding carboxylic acids is 1. The third-order valence-corrected chi connectivity index (χ3v) is 3.06. The molecule has 2 rings (SSSR count). The number of amides is 2. The Labute approximate surface area is 113 Å². The second kappa shape index (κ2) is 6.31. The molecule has 1 atom stereocenters. The molecule has 0 spiro atoms. The van der Waals surface area contributed by atoms with Crippen LogP contribution in [0.15, 0.2) is 18.2 Å². The van der Waals surface area contributed by atoms with Crippen molar-refractivity contribution >= 4 is 6.03 Å². The van der Waals surface area contributed by atoms with E-state index in [0.717, 1.165) is 29.9 Å². The monoisotopic (exact) mass is 264 g/mol. The molecule has 0 bridgehead atoms.